The van der Waals surface area contributed by atoms with Crippen LogP contribution in [-0.2, 0) is 0 Å². The van der Waals surface area contributed by atoms with Gasteiger partial charge < -0.3 is 5.32 Å². The molecule has 2 heterocycles. The highest BCUT2D eigenvalue weighted by Crippen LogP contribution is 2.22. The maximum absolute atomic E-state index is 4.49. The van der Waals surface area contributed by atoms with Crippen molar-refractivity contribution >= 4 is 5.95 Å². The molecule has 0 fully saturated rings. The summed E-state index contributed by atoms with van der Waals surface area (Å²) in [7, 11) is 1.77. The number of aromatic nitrogens is 6. The van der Waals surface area contributed by atoms with Crippen LogP contribution < -0.4 is 5.32 Å². The highest BCUT2D eigenvalue weighted by atomic mass is 15.4. The van der Waals surface area contributed by atoms with Crippen molar-refractivity contribution in [1.82, 2.24) is 29.7 Å². The molecule has 0 aliphatic rings. The normalized spacial score (nSPS) is 10.6. The van der Waals surface area contributed by atoms with E-state index in [2.05, 4.69) is 48.6 Å². The smallest absolute Gasteiger partial charge is 0.257 e. The van der Waals surface area contributed by atoms with Crippen LogP contribution in [0.4, 0.5) is 5.95 Å². The number of benzene rings is 1. The number of hydrogen-bond acceptors (Lipinski definition) is 6. The third-order valence-corrected chi connectivity index (χ3v) is 3.10. The Morgan fingerprint density at radius 3 is 2.67 bits per heavy atom. The van der Waals surface area contributed by atoms with E-state index in [0.29, 0.717) is 17.7 Å². The van der Waals surface area contributed by atoms with E-state index in [1.807, 2.05) is 13.8 Å². The fraction of sp³-hybridized carbons (Fsp3) is 0.214. The zero-order chi connectivity index (χ0) is 14.8. The van der Waals surface area contributed by atoms with Gasteiger partial charge >= 0.3 is 0 Å². The molecule has 0 amide bonds. The van der Waals surface area contributed by atoms with Crippen LogP contribution >= 0.6 is 0 Å². The second-order valence-electron chi connectivity index (χ2n) is 4.69. The Kier molecular flexibility index (Phi) is 3.31. The Hall–Kier alpha value is -2.83. The first kappa shape index (κ1) is 13.2. The van der Waals surface area contributed by atoms with Gasteiger partial charge in [0.15, 0.2) is 5.82 Å². The molecule has 0 spiro atoms. The minimum atomic E-state index is 0.433. The molecule has 0 saturated carbocycles. The van der Waals surface area contributed by atoms with Gasteiger partial charge in [-0.3, -0.25) is 0 Å². The predicted molar refractivity (Wildman–Crippen MR) is 79.2 cm³/mol. The SMILES string of the molecule is CNc1nc(-c2cc(C)ccc2C)nc(-n2cncn2)n1. The molecule has 0 radical (unpaired) electrons. The lowest BCUT2D eigenvalue weighted by Crippen LogP contribution is -2.08. The second-order valence-corrected chi connectivity index (χ2v) is 4.69. The molecular formula is C14H15N7. The van der Waals surface area contributed by atoms with Crippen molar-refractivity contribution in [3.05, 3.63) is 42.0 Å². The summed E-state index contributed by atoms with van der Waals surface area (Å²) >= 11 is 0. The third kappa shape index (κ3) is 2.58. The van der Waals surface area contributed by atoms with Gasteiger partial charge in [-0.05, 0) is 25.5 Å². The number of rotatable bonds is 3. The number of aryl methyl sites for hydroxylation is 2. The molecule has 0 bridgehead atoms. The third-order valence-electron chi connectivity index (χ3n) is 3.10. The van der Waals surface area contributed by atoms with Gasteiger partial charge in [0.1, 0.15) is 12.7 Å². The average Bonchev–Trinajstić information content (AvgIpc) is 3.03. The maximum Gasteiger partial charge on any atom is 0.257 e. The van der Waals surface area contributed by atoms with Gasteiger partial charge in [0.05, 0.1) is 0 Å². The lowest BCUT2D eigenvalue weighted by molar-refractivity contribution is 0.798. The molecule has 0 aliphatic heterocycles. The number of nitrogens with zero attached hydrogens (tertiary/aromatic N) is 6. The Balaban J connectivity index is 2.18. The molecule has 106 valence electrons. The lowest BCUT2D eigenvalue weighted by Gasteiger charge is -2.09. The summed E-state index contributed by atoms with van der Waals surface area (Å²) in [6, 6.07) is 6.19. The summed E-state index contributed by atoms with van der Waals surface area (Å²) in [6.45, 7) is 4.08. The second kappa shape index (κ2) is 5.28. The summed E-state index contributed by atoms with van der Waals surface area (Å²) in [5.41, 5.74) is 3.25. The van der Waals surface area contributed by atoms with E-state index in [4.69, 9.17) is 0 Å². The first-order valence-electron chi connectivity index (χ1n) is 6.54. The Morgan fingerprint density at radius 2 is 1.95 bits per heavy atom. The first-order chi connectivity index (χ1) is 10.2. The number of hydrogen-bond donors (Lipinski definition) is 1. The quantitative estimate of drug-likeness (QED) is 0.788. The molecule has 1 aromatic carbocycles. The molecule has 7 heteroatoms. The van der Waals surface area contributed by atoms with E-state index >= 15 is 0 Å². The van der Waals surface area contributed by atoms with Gasteiger partial charge in [0.2, 0.25) is 5.95 Å². The molecule has 1 N–H and O–H groups in total. The first-order valence-corrected chi connectivity index (χ1v) is 6.54. The minimum absolute atomic E-state index is 0.433. The molecule has 2 aromatic heterocycles. The standard InChI is InChI=1S/C14H15N7/c1-9-4-5-10(2)11(6-9)12-18-13(15-3)20-14(19-12)21-8-16-7-17-21/h4-8H,1-3H3,(H,15,18,19,20). The average molecular weight is 281 g/mol. The molecule has 0 saturated heterocycles. The molecule has 21 heavy (non-hydrogen) atoms. The Morgan fingerprint density at radius 1 is 1.10 bits per heavy atom. The van der Waals surface area contributed by atoms with E-state index in [0.717, 1.165) is 16.7 Å². The Labute approximate surface area is 122 Å². The van der Waals surface area contributed by atoms with Gasteiger partial charge in [0.25, 0.3) is 5.95 Å². The largest absolute Gasteiger partial charge is 0.357 e. The van der Waals surface area contributed by atoms with Crippen LogP contribution in [-0.4, -0.2) is 36.8 Å². The van der Waals surface area contributed by atoms with Crippen LogP contribution in [0, 0.1) is 13.8 Å². The van der Waals surface area contributed by atoms with Crippen LogP contribution in [0.25, 0.3) is 17.3 Å². The van der Waals surface area contributed by atoms with Crippen LogP contribution in [0.5, 0.6) is 0 Å². The molecule has 3 rings (SSSR count). The summed E-state index contributed by atoms with van der Waals surface area (Å²) in [5.74, 6) is 1.54. The van der Waals surface area contributed by atoms with Gasteiger partial charge in [-0.15, -0.1) is 0 Å². The Bertz CT molecular complexity index is 765. The zero-order valence-electron chi connectivity index (χ0n) is 12.1. The molecule has 7 nitrogen and oxygen atoms in total. The molecule has 0 aliphatic carbocycles. The monoisotopic (exact) mass is 281 g/mol. The molecule has 0 unspecified atom stereocenters. The van der Waals surface area contributed by atoms with Crippen molar-refractivity contribution in [2.24, 2.45) is 0 Å². The fourth-order valence-corrected chi connectivity index (χ4v) is 1.99. The summed E-state index contributed by atoms with van der Waals surface area (Å²) < 4.78 is 1.51. The van der Waals surface area contributed by atoms with Crippen molar-refractivity contribution < 1.29 is 0 Å². The van der Waals surface area contributed by atoms with E-state index in [1.54, 1.807) is 13.4 Å². The summed E-state index contributed by atoms with van der Waals surface area (Å²) in [4.78, 5) is 17.2. The van der Waals surface area contributed by atoms with Crippen LogP contribution in [0.15, 0.2) is 30.9 Å². The van der Waals surface area contributed by atoms with Crippen molar-refractivity contribution in [2.45, 2.75) is 13.8 Å². The molecule has 3 aromatic rings. The topological polar surface area (TPSA) is 81.4 Å². The van der Waals surface area contributed by atoms with Crippen LogP contribution in [0.2, 0.25) is 0 Å². The van der Waals surface area contributed by atoms with Crippen molar-refractivity contribution in [3.8, 4) is 17.3 Å². The van der Waals surface area contributed by atoms with E-state index < -0.39 is 0 Å². The fourth-order valence-electron chi connectivity index (χ4n) is 1.99. The van der Waals surface area contributed by atoms with E-state index in [9.17, 15) is 0 Å². The van der Waals surface area contributed by atoms with Gasteiger partial charge in [-0.25, -0.2) is 4.98 Å². The minimum Gasteiger partial charge on any atom is -0.357 e. The molecule has 0 atom stereocenters. The number of nitrogens with one attached hydrogen (secondary N) is 1. The van der Waals surface area contributed by atoms with Gasteiger partial charge in [0, 0.05) is 12.6 Å². The maximum atomic E-state index is 4.49. The molecular weight excluding hydrogens is 266 g/mol. The van der Waals surface area contributed by atoms with Gasteiger partial charge in [-0.2, -0.15) is 24.7 Å². The van der Waals surface area contributed by atoms with Crippen molar-refractivity contribution in [1.29, 1.82) is 0 Å². The van der Waals surface area contributed by atoms with Crippen LogP contribution in [0.1, 0.15) is 11.1 Å². The van der Waals surface area contributed by atoms with Crippen molar-refractivity contribution in [3.63, 3.8) is 0 Å². The predicted octanol–water partition coefficient (Wildman–Crippen LogP) is 1.78. The van der Waals surface area contributed by atoms with Crippen molar-refractivity contribution in [2.75, 3.05) is 12.4 Å². The summed E-state index contributed by atoms with van der Waals surface area (Å²) in [6.07, 6.45) is 3.00. The zero-order valence-corrected chi connectivity index (χ0v) is 12.1. The van der Waals surface area contributed by atoms with Crippen LogP contribution in [0.3, 0.4) is 0 Å². The lowest BCUT2D eigenvalue weighted by atomic mass is 10.1. The highest BCUT2D eigenvalue weighted by molar-refractivity contribution is 5.62. The van der Waals surface area contributed by atoms with E-state index in [1.165, 1.54) is 11.0 Å². The highest BCUT2D eigenvalue weighted by Gasteiger charge is 2.11. The summed E-state index contributed by atoms with van der Waals surface area (Å²) in [5, 5.41) is 7.01. The number of anilines is 1. The van der Waals surface area contributed by atoms with E-state index in [-0.39, 0.29) is 0 Å². The van der Waals surface area contributed by atoms with Gasteiger partial charge in [-0.1, -0.05) is 17.7 Å².